The molecule has 2 rings (SSSR count). The fourth-order valence-electron chi connectivity index (χ4n) is 2.89. The van der Waals surface area contributed by atoms with Crippen molar-refractivity contribution in [1.82, 2.24) is 20.9 Å². The van der Waals surface area contributed by atoms with Crippen LogP contribution in [0.15, 0.2) is 0 Å². The number of likely N-dealkylation sites (N-methyl/N-ethyl adjacent to an activating group) is 1. The third-order valence-electron chi connectivity index (χ3n) is 4.21. The fraction of sp³-hybridized carbons (Fsp3) is 0.857. The van der Waals surface area contributed by atoms with Crippen LogP contribution in [0.3, 0.4) is 0 Å². The summed E-state index contributed by atoms with van der Waals surface area (Å²) >= 11 is 0. The highest BCUT2D eigenvalue weighted by Gasteiger charge is 2.25. The smallest absolute Gasteiger partial charge is 0.237 e. The monoisotopic (exact) mass is 354 g/mol. The van der Waals surface area contributed by atoms with E-state index in [4.69, 9.17) is 0 Å². The molecule has 0 bridgehead atoms. The average molecular weight is 355 g/mol. The number of carbonyl (C=O) groups excluding carboxylic acids is 2. The summed E-state index contributed by atoms with van der Waals surface area (Å²) in [6, 6.07) is 0.250. The van der Waals surface area contributed by atoms with Crippen molar-refractivity contribution >= 4 is 36.6 Å². The molecule has 0 aromatic rings. The van der Waals surface area contributed by atoms with Gasteiger partial charge in [-0.2, -0.15) is 0 Å². The van der Waals surface area contributed by atoms with Crippen molar-refractivity contribution in [2.75, 3.05) is 33.2 Å². The average Bonchev–Trinajstić information content (AvgIpc) is 2.50. The maximum Gasteiger partial charge on any atom is 0.237 e. The fourth-order valence-corrected chi connectivity index (χ4v) is 2.89. The van der Waals surface area contributed by atoms with Crippen molar-refractivity contribution in [2.24, 2.45) is 0 Å². The van der Waals surface area contributed by atoms with Crippen LogP contribution in [0.1, 0.15) is 32.1 Å². The molecular weight excluding hydrogens is 327 g/mol. The molecule has 0 spiro atoms. The number of halogens is 2. The van der Waals surface area contributed by atoms with E-state index in [0.717, 1.165) is 45.3 Å². The van der Waals surface area contributed by atoms with Crippen molar-refractivity contribution in [2.45, 2.75) is 44.2 Å². The number of rotatable bonds is 4. The molecule has 0 aliphatic carbocycles. The zero-order valence-electron chi connectivity index (χ0n) is 13.1. The van der Waals surface area contributed by atoms with Crippen LogP contribution < -0.4 is 16.0 Å². The lowest BCUT2D eigenvalue weighted by Gasteiger charge is -2.33. The SMILES string of the molecule is CNC(=O)CN1CCC(NC(=O)[C@H]2CCCCN2)CC1.Cl.Cl. The van der Waals surface area contributed by atoms with Gasteiger partial charge in [0.25, 0.3) is 0 Å². The molecule has 130 valence electrons. The molecular formula is C14H28Cl2N4O2. The molecule has 2 fully saturated rings. The summed E-state index contributed by atoms with van der Waals surface area (Å²) in [5.41, 5.74) is 0. The maximum atomic E-state index is 12.1. The Balaban J connectivity index is 0.00000220. The van der Waals surface area contributed by atoms with E-state index in [-0.39, 0.29) is 48.7 Å². The topological polar surface area (TPSA) is 73.5 Å². The lowest BCUT2D eigenvalue weighted by Crippen LogP contribution is -2.52. The second-order valence-electron chi connectivity index (χ2n) is 5.73. The number of carbonyl (C=O) groups is 2. The first-order valence-corrected chi connectivity index (χ1v) is 7.65. The van der Waals surface area contributed by atoms with Gasteiger partial charge < -0.3 is 16.0 Å². The largest absolute Gasteiger partial charge is 0.358 e. The number of hydrogen-bond donors (Lipinski definition) is 3. The predicted octanol–water partition coefficient (Wildman–Crippen LogP) is 0.299. The highest BCUT2D eigenvalue weighted by Crippen LogP contribution is 2.12. The maximum absolute atomic E-state index is 12.1. The van der Waals surface area contributed by atoms with Crippen LogP contribution in [0.5, 0.6) is 0 Å². The Kier molecular flexibility index (Phi) is 10.8. The Labute approximate surface area is 145 Å². The van der Waals surface area contributed by atoms with E-state index in [1.54, 1.807) is 7.05 Å². The zero-order chi connectivity index (χ0) is 14.4. The molecule has 6 nitrogen and oxygen atoms in total. The van der Waals surface area contributed by atoms with E-state index in [1.807, 2.05) is 0 Å². The van der Waals surface area contributed by atoms with Crippen molar-refractivity contribution in [3.05, 3.63) is 0 Å². The molecule has 1 atom stereocenters. The summed E-state index contributed by atoms with van der Waals surface area (Å²) in [7, 11) is 1.66. The van der Waals surface area contributed by atoms with Gasteiger partial charge in [0, 0.05) is 26.2 Å². The summed E-state index contributed by atoms with van der Waals surface area (Å²) in [5.74, 6) is 0.202. The third kappa shape index (κ3) is 6.69. The van der Waals surface area contributed by atoms with Gasteiger partial charge in [-0.25, -0.2) is 0 Å². The molecule has 0 unspecified atom stereocenters. The number of amides is 2. The van der Waals surface area contributed by atoms with E-state index < -0.39 is 0 Å². The number of likely N-dealkylation sites (tertiary alicyclic amines) is 1. The van der Waals surface area contributed by atoms with Gasteiger partial charge in [-0.05, 0) is 32.2 Å². The minimum Gasteiger partial charge on any atom is -0.358 e. The van der Waals surface area contributed by atoms with Crippen LogP contribution in [0, 0.1) is 0 Å². The number of piperidine rings is 2. The molecule has 2 aliphatic heterocycles. The number of hydrogen-bond acceptors (Lipinski definition) is 4. The van der Waals surface area contributed by atoms with Crippen molar-refractivity contribution in [3.8, 4) is 0 Å². The van der Waals surface area contributed by atoms with Crippen LogP contribution in [-0.2, 0) is 9.59 Å². The summed E-state index contributed by atoms with van der Waals surface area (Å²) in [6.45, 7) is 3.15. The normalized spacial score (nSPS) is 22.9. The first kappa shape index (κ1) is 21.4. The van der Waals surface area contributed by atoms with Gasteiger partial charge in [0.15, 0.2) is 0 Å². The second kappa shape index (κ2) is 11.0. The Bertz CT molecular complexity index is 344. The number of nitrogens with zero attached hydrogens (tertiary/aromatic N) is 1. The molecule has 2 heterocycles. The lowest BCUT2D eigenvalue weighted by atomic mass is 10.0. The number of nitrogens with one attached hydrogen (secondary N) is 3. The van der Waals surface area contributed by atoms with E-state index in [0.29, 0.717) is 6.54 Å². The van der Waals surface area contributed by atoms with E-state index in [9.17, 15) is 9.59 Å². The zero-order valence-corrected chi connectivity index (χ0v) is 14.7. The van der Waals surface area contributed by atoms with Crippen LogP contribution in [0.25, 0.3) is 0 Å². The molecule has 0 saturated carbocycles. The molecule has 0 aromatic carbocycles. The quantitative estimate of drug-likeness (QED) is 0.678. The molecule has 2 aliphatic rings. The van der Waals surface area contributed by atoms with Gasteiger partial charge in [-0.3, -0.25) is 14.5 Å². The molecule has 2 saturated heterocycles. The summed E-state index contributed by atoms with van der Waals surface area (Å²) in [6.07, 6.45) is 5.10. The lowest BCUT2D eigenvalue weighted by molar-refractivity contribution is -0.125. The van der Waals surface area contributed by atoms with Crippen molar-refractivity contribution in [3.63, 3.8) is 0 Å². The molecule has 8 heteroatoms. The third-order valence-corrected chi connectivity index (χ3v) is 4.21. The summed E-state index contributed by atoms with van der Waals surface area (Å²) in [4.78, 5) is 25.6. The molecule has 0 radical (unpaired) electrons. The van der Waals surface area contributed by atoms with E-state index >= 15 is 0 Å². The second-order valence-corrected chi connectivity index (χ2v) is 5.73. The minimum absolute atomic E-state index is 0. The highest BCUT2D eigenvalue weighted by atomic mass is 35.5. The summed E-state index contributed by atoms with van der Waals surface area (Å²) < 4.78 is 0. The Morgan fingerprint density at radius 3 is 2.36 bits per heavy atom. The van der Waals surface area contributed by atoms with E-state index in [2.05, 4.69) is 20.9 Å². The van der Waals surface area contributed by atoms with E-state index in [1.165, 1.54) is 6.42 Å². The first-order valence-electron chi connectivity index (χ1n) is 7.65. The standard InChI is InChI=1S/C14H26N4O2.2ClH/c1-15-13(19)10-18-8-5-11(6-9-18)17-14(20)12-4-2-3-7-16-12;;/h11-12,16H,2-10H2,1H3,(H,15,19)(H,17,20);2*1H/t12-;;/m1../s1. The van der Waals surface area contributed by atoms with Crippen LogP contribution in [0.2, 0.25) is 0 Å². The predicted molar refractivity (Wildman–Crippen MR) is 91.8 cm³/mol. The van der Waals surface area contributed by atoms with Gasteiger partial charge in [0.1, 0.15) is 0 Å². The molecule has 0 aromatic heterocycles. The highest BCUT2D eigenvalue weighted by molar-refractivity contribution is 5.85. The first-order chi connectivity index (χ1) is 9.69. The van der Waals surface area contributed by atoms with Gasteiger partial charge >= 0.3 is 0 Å². The molecule has 2 amide bonds. The Morgan fingerprint density at radius 1 is 1.14 bits per heavy atom. The Hall–Kier alpha value is -0.560. The van der Waals surface area contributed by atoms with Gasteiger partial charge in [-0.1, -0.05) is 6.42 Å². The van der Waals surface area contributed by atoms with Crippen LogP contribution in [0.4, 0.5) is 0 Å². The van der Waals surface area contributed by atoms with Crippen molar-refractivity contribution in [1.29, 1.82) is 0 Å². The van der Waals surface area contributed by atoms with Gasteiger partial charge in [-0.15, -0.1) is 24.8 Å². The summed E-state index contributed by atoms with van der Waals surface area (Å²) in [5, 5.41) is 9.06. The van der Waals surface area contributed by atoms with Crippen LogP contribution in [-0.4, -0.2) is 62.0 Å². The van der Waals surface area contributed by atoms with Crippen molar-refractivity contribution < 1.29 is 9.59 Å². The molecule has 22 heavy (non-hydrogen) atoms. The van der Waals surface area contributed by atoms with Crippen LogP contribution >= 0.6 is 24.8 Å². The van der Waals surface area contributed by atoms with Gasteiger partial charge in [0.2, 0.25) is 11.8 Å². The minimum atomic E-state index is -0.00681. The van der Waals surface area contributed by atoms with Gasteiger partial charge in [0.05, 0.1) is 12.6 Å². The molecule has 3 N–H and O–H groups in total. The Morgan fingerprint density at radius 2 is 1.82 bits per heavy atom.